The lowest BCUT2D eigenvalue weighted by molar-refractivity contribution is 0.0536. The Bertz CT molecular complexity index is 620. The monoisotopic (exact) mass is 277 g/mol. The van der Waals surface area contributed by atoms with Crippen LogP contribution in [0.1, 0.15) is 23.2 Å². The minimum absolute atomic E-state index is 0.0290. The first-order chi connectivity index (χ1) is 9.74. The van der Waals surface area contributed by atoms with E-state index in [-0.39, 0.29) is 5.56 Å². The fraction of sp³-hybridized carbons (Fsp3) is 0.429. The van der Waals surface area contributed by atoms with Crippen LogP contribution in [-0.4, -0.2) is 35.6 Å². The van der Waals surface area contributed by atoms with E-state index in [1.165, 1.54) is 18.5 Å². The number of hydrogen-bond donors (Lipinski definition) is 2. The SMILES string of the molecule is O=C(NCC1CCCOC1)c1cc2nc[nH]c2cc1F. The summed E-state index contributed by atoms with van der Waals surface area (Å²) in [5.74, 6) is -0.637. The molecule has 2 heterocycles. The molecule has 1 aromatic heterocycles. The predicted molar refractivity (Wildman–Crippen MR) is 71.9 cm³/mol. The third-order valence-corrected chi connectivity index (χ3v) is 3.56. The minimum Gasteiger partial charge on any atom is -0.381 e. The van der Waals surface area contributed by atoms with E-state index in [0.29, 0.717) is 30.1 Å². The summed E-state index contributed by atoms with van der Waals surface area (Å²) in [5, 5.41) is 2.77. The van der Waals surface area contributed by atoms with Gasteiger partial charge in [-0.25, -0.2) is 9.37 Å². The van der Waals surface area contributed by atoms with Crippen molar-refractivity contribution in [2.45, 2.75) is 12.8 Å². The summed E-state index contributed by atoms with van der Waals surface area (Å²) in [7, 11) is 0. The molecular formula is C14H16FN3O2. The molecule has 2 aromatic rings. The van der Waals surface area contributed by atoms with Crippen molar-refractivity contribution in [3.8, 4) is 0 Å². The molecule has 1 saturated heterocycles. The van der Waals surface area contributed by atoms with Gasteiger partial charge in [0.05, 0.1) is 29.5 Å². The molecule has 20 heavy (non-hydrogen) atoms. The third kappa shape index (κ3) is 2.65. The first-order valence-electron chi connectivity index (χ1n) is 6.72. The second-order valence-corrected chi connectivity index (χ2v) is 5.04. The maximum Gasteiger partial charge on any atom is 0.254 e. The fourth-order valence-electron chi connectivity index (χ4n) is 2.43. The molecule has 0 saturated carbocycles. The second-order valence-electron chi connectivity index (χ2n) is 5.04. The minimum atomic E-state index is -0.542. The average molecular weight is 277 g/mol. The molecular weight excluding hydrogens is 261 g/mol. The molecule has 0 aliphatic carbocycles. The number of imidazole rings is 1. The Balaban J connectivity index is 1.69. The number of H-pyrrole nitrogens is 1. The van der Waals surface area contributed by atoms with Gasteiger partial charge in [0.1, 0.15) is 5.82 Å². The van der Waals surface area contributed by atoms with Crippen LogP contribution in [0.25, 0.3) is 11.0 Å². The van der Waals surface area contributed by atoms with Gasteiger partial charge in [-0.15, -0.1) is 0 Å². The van der Waals surface area contributed by atoms with Crippen LogP contribution < -0.4 is 5.32 Å². The van der Waals surface area contributed by atoms with E-state index in [1.807, 2.05) is 0 Å². The van der Waals surface area contributed by atoms with Crippen LogP contribution in [0.3, 0.4) is 0 Å². The zero-order valence-corrected chi connectivity index (χ0v) is 11.0. The quantitative estimate of drug-likeness (QED) is 0.900. The molecule has 1 amide bonds. The number of nitrogens with zero attached hydrogens (tertiary/aromatic N) is 1. The number of carbonyl (C=O) groups is 1. The Morgan fingerprint density at radius 2 is 2.45 bits per heavy atom. The number of ether oxygens (including phenoxy) is 1. The van der Waals surface area contributed by atoms with Gasteiger partial charge in [-0.05, 0) is 24.8 Å². The smallest absolute Gasteiger partial charge is 0.254 e. The van der Waals surface area contributed by atoms with Crippen LogP contribution in [0.5, 0.6) is 0 Å². The van der Waals surface area contributed by atoms with Crippen LogP contribution in [0, 0.1) is 11.7 Å². The van der Waals surface area contributed by atoms with Crippen molar-refractivity contribution >= 4 is 16.9 Å². The van der Waals surface area contributed by atoms with Gasteiger partial charge in [0.2, 0.25) is 0 Å². The lowest BCUT2D eigenvalue weighted by Gasteiger charge is -2.22. The topological polar surface area (TPSA) is 67.0 Å². The van der Waals surface area contributed by atoms with Crippen LogP contribution >= 0.6 is 0 Å². The van der Waals surface area contributed by atoms with Crippen LogP contribution in [0.4, 0.5) is 4.39 Å². The Hall–Kier alpha value is -1.95. The maximum atomic E-state index is 13.9. The second kappa shape index (κ2) is 5.58. The highest BCUT2D eigenvalue weighted by Gasteiger charge is 2.18. The molecule has 1 unspecified atom stereocenters. The number of fused-ring (bicyclic) bond motifs is 1. The van der Waals surface area contributed by atoms with E-state index in [0.717, 1.165) is 19.4 Å². The van der Waals surface area contributed by atoms with E-state index >= 15 is 0 Å². The van der Waals surface area contributed by atoms with Gasteiger partial charge in [0.25, 0.3) is 5.91 Å². The molecule has 1 aliphatic rings. The largest absolute Gasteiger partial charge is 0.381 e. The van der Waals surface area contributed by atoms with Crippen molar-refractivity contribution in [3.63, 3.8) is 0 Å². The molecule has 5 nitrogen and oxygen atoms in total. The Morgan fingerprint density at radius 3 is 3.25 bits per heavy atom. The predicted octanol–water partition coefficient (Wildman–Crippen LogP) is 1.86. The summed E-state index contributed by atoms with van der Waals surface area (Å²) in [5.41, 5.74) is 1.19. The number of aromatic nitrogens is 2. The number of amides is 1. The summed E-state index contributed by atoms with van der Waals surface area (Å²) in [6.45, 7) is 1.95. The van der Waals surface area contributed by atoms with Gasteiger partial charge in [-0.2, -0.15) is 0 Å². The summed E-state index contributed by atoms with van der Waals surface area (Å²) in [6, 6.07) is 2.76. The van der Waals surface area contributed by atoms with E-state index in [2.05, 4.69) is 15.3 Å². The van der Waals surface area contributed by atoms with E-state index < -0.39 is 11.7 Å². The molecule has 1 aromatic carbocycles. The summed E-state index contributed by atoms with van der Waals surface area (Å²) in [4.78, 5) is 18.9. The number of benzene rings is 1. The molecule has 0 bridgehead atoms. The van der Waals surface area contributed by atoms with Crippen molar-refractivity contribution < 1.29 is 13.9 Å². The third-order valence-electron chi connectivity index (χ3n) is 3.56. The Kier molecular flexibility index (Phi) is 3.64. The van der Waals surface area contributed by atoms with Gasteiger partial charge in [0.15, 0.2) is 0 Å². The fourth-order valence-corrected chi connectivity index (χ4v) is 2.43. The molecule has 6 heteroatoms. The molecule has 2 N–H and O–H groups in total. The van der Waals surface area contributed by atoms with Gasteiger partial charge in [-0.1, -0.05) is 0 Å². The van der Waals surface area contributed by atoms with Gasteiger partial charge < -0.3 is 15.0 Å². The van der Waals surface area contributed by atoms with Crippen molar-refractivity contribution in [3.05, 3.63) is 29.8 Å². The number of nitrogens with one attached hydrogen (secondary N) is 2. The van der Waals surface area contributed by atoms with Crippen molar-refractivity contribution in [2.24, 2.45) is 5.92 Å². The van der Waals surface area contributed by atoms with Crippen molar-refractivity contribution in [2.75, 3.05) is 19.8 Å². The van der Waals surface area contributed by atoms with Gasteiger partial charge in [0, 0.05) is 19.2 Å². The molecule has 3 rings (SSSR count). The Labute approximate surface area is 115 Å². The highest BCUT2D eigenvalue weighted by atomic mass is 19.1. The average Bonchev–Trinajstić information content (AvgIpc) is 2.92. The first kappa shape index (κ1) is 13.1. The number of carbonyl (C=O) groups excluding carboxylic acids is 1. The van der Waals surface area contributed by atoms with Crippen molar-refractivity contribution in [1.29, 1.82) is 0 Å². The summed E-state index contributed by atoms with van der Waals surface area (Å²) in [6.07, 6.45) is 3.51. The van der Waals surface area contributed by atoms with E-state index in [9.17, 15) is 9.18 Å². The van der Waals surface area contributed by atoms with E-state index in [1.54, 1.807) is 0 Å². The molecule has 0 radical (unpaired) electrons. The van der Waals surface area contributed by atoms with E-state index in [4.69, 9.17) is 4.74 Å². The number of halogens is 1. The molecule has 106 valence electrons. The summed E-state index contributed by atoms with van der Waals surface area (Å²) < 4.78 is 19.2. The normalized spacial score (nSPS) is 19.1. The zero-order chi connectivity index (χ0) is 13.9. The summed E-state index contributed by atoms with van der Waals surface area (Å²) >= 11 is 0. The lowest BCUT2D eigenvalue weighted by atomic mass is 10.0. The molecule has 1 atom stereocenters. The zero-order valence-electron chi connectivity index (χ0n) is 11.0. The number of rotatable bonds is 3. The van der Waals surface area contributed by atoms with Gasteiger partial charge >= 0.3 is 0 Å². The molecule has 1 aliphatic heterocycles. The number of hydrogen-bond acceptors (Lipinski definition) is 3. The van der Waals surface area contributed by atoms with Crippen LogP contribution in [0.15, 0.2) is 18.5 Å². The van der Waals surface area contributed by atoms with Crippen molar-refractivity contribution in [1.82, 2.24) is 15.3 Å². The molecule has 1 fully saturated rings. The van der Waals surface area contributed by atoms with Gasteiger partial charge in [-0.3, -0.25) is 4.79 Å². The highest BCUT2D eigenvalue weighted by molar-refractivity contribution is 5.97. The molecule has 0 spiro atoms. The van der Waals surface area contributed by atoms with Crippen LogP contribution in [-0.2, 0) is 4.74 Å². The highest BCUT2D eigenvalue weighted by Crippen LogP contribution is 2.17. The Morgan fingerprint density at radius 1 is 1.55 bits per heavy atom. The maximum absolute atomic E-state index is 13.9. The lowest BCUT2D eigenvalue weighted by Crippen LogP contribution is -2.33. The number of aromatic amines is 1. The first-order valence-corrected chi connectivity index (χ1v) is 6.72. The van der Waals surface area contributed by atoms with Crippen LogP contribution in [0.2, 0.25) is 0 Å². The standard InChI is InChI=1S/C14H16FN3O2/c15-11-5-13-12(17-8-18-13)4-10(11)14(19)16-6-9-2-1-3-20-7-9/h4-5,8-9H,1-3,6-7H2,(H,16,19)(H,17,18).